The van der Waals surface area contributed by atoms with Gasteiger partial charge in [0.2, 0.25) is 0 Å². The number of anilines is 2. The summed E-state index contributed by atoms with van der Waals surface area (Å²) < 4.78 is 5.77. The number of benzene rings is 1. The highest BCUT2D eigenvalue weighted by Gasteiger charge is 2.22. The summed E-state index contributed by atoms with van der Waals surface area (Å²) in [7, 11) is 0. The lowest BCUT2D eigenvalue weighted by molar-refractivity contribution is 0.243. The van der Waals surface area contributed by atoms with Crippen LogP contribution in [0.3, 0.4) is 0 Å². The van der Waals surface area contributed by atoms with Crippen LogP contribution in [0.2, 0.25) is 0 Å². The Morgan fingerprint density at radius 2 is 2.20 bits per heavy atom. The van der Waals surface area contributed by atoms with Crippen LogP contribution >= 0.6 is 0 Å². The van der Waals surface area contributed by atoms with Gasteiger partial charge in [0.15, 0.2) is 0 Å². The van der Waals surface area contributed by atoms with E-state index in [1.807, 2.05) is 26.0 Å². The van der Waals surface area contributed by atoms with E-state index in [0.717, 1.165) is 30.8 Å². The molecule has 0 bridgehead atoms. The fourth-order valence-corrected chi connectivity index (χ4v) is 2.85. The van der Waals surface area contributed by atoms with Gasteiger partial charge in [-0.25, -0.2) is 0 Å². The smallest absolute Gasteiger partial charge is 0.144 e. The molecule has 0 spiro atoms. The molecule has 1 unspecified atom stereocenters. The van der Waals surface area contributed by atoms with Crippen LogP contribution in [-0.2, 0) is 0 Å². The fraction of sp³-hybridized carbons (Fsp3) is 0.625. The van der Waals surface area contributed by atoms with Crippen molar-refractivity contribution in [3.05, 3.63) is 18.2 Å². The Bertz CT molecular complexity index is 432. The molecule has 1 fully saturated rings. The molecule has 0 aliphatic carbocycles. The van der Waals surface area contributed by atoms with E-state index in [2.05, 4.69) is 11.0 Å². The van der Waals surface area contributed by atoms with Crippen molar-refractivity contribution in [3.8, 4) is 5.75 Å². The van der Waals surface area contributed by atoms with E-state index in [0.29, 0.717) is 11.7 Å². The number of aliphatic hydroxyl groups is 1. The molecular formula is C16H26N2O2. The SMILES string of the molecule is CC(C)Oc1cc(N2CCCCC2CCO)ccc1N. The highest BCUT2D eigenvalue weighted by Crippen LogP contribution is 2.32. The zero-order chi connectivity index (χ0) is 14.5. The van der Waals surface area contributed by atoms with Crippen molar-refractivity contribution in [1.29, 1.82) is 0 Å². The monoisotopic (exact) mass is 278 g/mol. The molecule has 1 atom stereocenters. The molecule has 1 aliphatic heterocycles. The third-order valence-corrected chi connectivity index (χ3v) is 3.78. The molecule has 1 aromatic carbocycles. The second kappa shape index (κ2) is 6.84. The van der Waals surface area contributed by atoms with Crippen LogP contribution in [0.1, 0.15) is 39.5 Å². The molecular weight excluding hydrogens is 252 g/mol. The normalized spacial score (nSPS) is 19.4. The highest BCUT2D eigenvalue weighted by atomic mass is 16.5. The first-order valence-corrected chi connectivity index (χ1v) is 7.55. The molecule has 2 rings (SSSR count). The number of nitrogens with zero attached hydrogens (tertiary/aromatic N) is 1. The Morgan fingerprint density at radius 1 is 1.40 bits per heavy atom. The molecule has 20 heavy (non-hydrogen) atoms. The van der Waals surface area contributed by atoms with E-state index in [9.17, 15) is 5.11 Å². The van der Waals surface area contributed by atoms with Crippen LogP contribution in [0, 0.1) is 0 Å². The van der Waals surface area contributed by atoms with E-state index in [4.69, 9.17) is 10.5 Å². The van der Waals surface area contributed by atoms with Gasteiger partial charge in [0.25, 0.3) is 0 Å². The van der Waals surface area contributed by atoms with E-state index in [-0.39, 0.29) is 12.7 Å². The van der Waals surface area contributed by atoms with Crippen molar-refractivity contribution in [2.24, 2.45) is 0 Å². The first-order valence-electron chi connectivity index (χ1n) is 7.55. The first kappa shape index (κ1) is 15.0. The fourth-order valence-electron chi connectivity index (χ4n) is 2.85. The van der Waals surface area contributed by atoms with Crippen LogP contribution in [0.4, 0.5) is 11.4 Å². The summed E-state index contributed by atoms with van der Waals surface area (Å²) in [6.07, 6.45) is 4.52. The number of piperidine rings is 1. The Balaban J connectivity index is 2.21. The van der Waals surface area contributed by atoms with E-state index in [1.165, 1.54) is 12.8 Å². The van der Waals surface area contributed by atoms with Gasteiger partial charge in [0.05, 0.1) is 11.8 Å². The summed E-state index contributed by atoms with van der Waals surface area (Å²) in [5.41, 5.74) is 7.80. The lowest BCUT2D eigenvalue weighted by Crippen LogP contribution is -2.40. The summed E-state index contributed by atoms with van der Waals surface area (Å²) in [5.74, 6) is 0.755. The molecule has 0 radical (unpaired) electrons. The van der Waals surface area contributed by atoms with Crippen LogP contribution in [-0.4, -0.2) is 30.4 Å². The van der Waals surface area contributed by atoms with Crippen LogP contribution in [0.25, 0.3) is 0 Å². The average Bonchev–Trinajstić information content (AvgIpc) is 2.42. The Kier molecular flexibility index (Phi) is 5.12. The van der Waals surface area contributed by atoms with Gasteiger partial charge in [-0.15, -0.1) is 0 Å². The zero-order valence-corrected chi connectivity index (χ0v) is 12.5. The second-order valence-corrected chi connectivity index (χ2v) is 5.74. The number of hydrogen-bond donors (Lipinski definition) is 2. The maximum absolute atomic E-state index is 9.23. The zero-order valence-electron chi connectivity index (χ0n) is 12.5. The van der Waals surface area contributed by atoms with Crippen molar-refractivity contribution < 1.29 is 9.84 Å². The molecule has 0 saturated carbocycles. The van der Waals surface area contributed by atoms with Gasteiger partial charge in [0, 0.05) is 30.9 Å². The Morgan fingerprint density at radius 3 is 2.90 bits per heavy atom. The van der Waals surface area contributed by atoms with Gasteiger partial charge in [-0.05, 0) is 51.7 Å². The van der Waals surface area contributed by atoms with E-state index < -0.39 is 0 Å². The lowest BCUT2D eigenvalue weighted by Gasteiger charge is -2.37. The van der Waals surface area contributed by atoms with E-state index >= 15 is 0 Å². The van der Waals surface area contributed by atoms with Gasteiger partial charge < -0.3 is 20.5 Å². The van der Waals surface area contributed by atoms with Gasteiger partial charge in [-0.2, -0.15) is 0 Å². The minimum absolute atomic E-state index is 0.113. The predicted octanol–water partition coefficient (Wildman–Crippen LogP) is 2.80. The Labute approximate surface area is 121 Å². The van der Waals surface area contributed by atoms with Crippen molar-refractivity contribution in [1.82, 2.24) is 0 Å². The maximum atomic E-state index is 9.23. The maximum Gasteiger partial charge on any atom is 0.144 e. The number of hydrogen-bond acceptors (Lipinski definition) is 4. The lowest BCUT2D eigenvalue weighted by atomic mass is 9.98. The van der Waals surface area contributed by atoms with Crippen LogP contribution < -0.4 is 15.4 Å². The van der Waals surface area contributed by atoms with Crippen molar-refractivity contribution in [2.45, 2.75) is 51.7 Å². The molecule has 112 valence electrons. The quantitative estimate of drug-likeness (QED) is 0.813. The molecule has 3 N–H and O–H groups in total. The van der Waals surface area contributed by atoms with Gasteiger partial charge >= 0.3 is 0 Å². The summed E-state index contributed by atoms with van der Waals surface area (Å²) in [6, 6.07) is 6.42. The highest BCUT2D eigenvalue weighted by molar-refractivity contribution is 5.63. The number of ether oxygens (including phenoxy) is 1. The number of nitrogen functional groups attached to an aromatic ring is 1. The average molecular weight is 278 g/mol. The van der Waals surface area contributed by atoms with Gasteiger partial charge in [0.1, 0.15) is 5.75 Å². The third-order valence-electron chi connectivity index (χ3n) is 3.78. The second-order valence-electron chi connectivity index (χ2n) is 5.74. The topological polar surface area (TPSA) is 58.7 Å². The standard InChI is InChI=1S/C16H26N2O2/c1-12(2)20-16-11-14(6-7-15(16)17)18-9-4-3-5-13(18)8-10-19/h6-7,11-13,19H,3-5,8-10,17H2,1-2H3. The molecule has 4 heteroatoms. The molecule has 0 aromatic heterocycles. The minimum Gasteiger partial charge on any atom is -0.489 e. The number of rotatable bonds is 5. The molecule has 1 heterocycles. The first-order chi connectivity index (χ1) is 9.61. The summed E-state index contributed by atoms with van der Waals surface area (Å²) in [6.45, 7) is 5.28. The molecule has 1 aliphatic rings. The molecule has 4 nitrogen and oxygen atoms in total. The third kappa shape index (κ3) is 3.57. The molecule has 0 amide bonds. The molecule has 1 saturated heterocycles. The summed E-state index contributed by atoms with van der Waals surface area (Å²) >= 11 is 0. The van der Waals surface area contributed by atoms with Gasteiger partial charge in [-0.3, -0.25) is 0 Å². The van der Waals surface area contributed by atoms with Crippen molar-refractivity contribution in [2.75, 3.05) is 23.8 Å². The van der Waals surface area contributed by atoms with Crippen LogP contribution in [0.5, 0.6) is 5.75 Å². The van der Waals surface area contributed by atoms with E-state index in [1.54, 1.807) is 0 Å². The minimum atomic E-state index is 0.113. The summed E-state index contributed by atoms with van der Waals surface area (Å²) in [4.78, 5) is 2.38. The van der Waals surface area contributed by atoms with Crippen LogP contribution in [0.15, 0.2) is 18.2 Å². The van der Waals surface area contributed by atoms with Gasteiger partial charge in [-0.1, -0.05) is 0 Å². The predicted molar refractivity (Wildman–Crippen MR) is 83.3 cm³/mol. The number of aliphatic hydroxyl groups excluding tert-OH is 1. The summed E-state index contributed by atoms with van der Waals surface area (Å²) in [5, 5.41) is 9.23. The van der Waals surface area contributed by atoms with Crippen molar-refractivity contribution in [3.63, 3.8) is 0 Å². The van der Waals surface area contributed by atoms with Crippen molar-refractivity contribution >= 4 is 11.4 Å². The largest absolute Gasteiger partial charge is 0.489 e. The Hall–Kier alpha value is -1.42. The molecule has 1 aromatic rings. The number of nitrogens with two attached hydrogens (primary N) is 1.